The highest BCUT2D eigenvalue weighted by molar-refractivity contribution is 7.89. The van der Waals surface area contributed by atoms with E-state index in [4.69, 9.17) is 13.6 Å². The number of morpholine rings is 1. The summed E-state index contributed by atoms with van der Waals surface area (Å²) in [6, 6.07) is 9.13. The number of nitrogens with zero attached hydrogens (tertiary/aromatic N) is 3. The summed E-state index contributed by atoms with van der Waals surface area (Å²) >= 11 is 0. The fourth-order valence-corrected chi connectivity index (χ4v) is 4.73. The molecule has 2 aromatic heterocycles. The Hall–Kier alpha value is -3.20. The molecule has 0 spiro atoms. The number of aryl methyl sites for hydroxylation is 1. The highest BCUT2D eigenvalue weighted by atomic mass is 32.2. The van der Waals surface area contributed by atoms with Gasteiger partial charge in [-0.2, -0.15) is 14.6 Å². The summed E-state index contributed by atoms with van der Waals surface area (Å²) in [6.45, 7) is 3.00. The number of rotatable bonds is 6. The standard InChI is InChI=1S/C20H19FN4O5S/c1-13-18(31(26,27)25-6-8-28-9-7-25)10-17(29-13)20-24-16(11-22)19(30-20)23-12-14-2-4-15(21)5-3-14/h2-5,10,23H,6-9,12H2,1H3. The zero-order valence-corrected chi connectivity index (χ0v) is 17.4. The molecule has 1 aromatic carbocycles. The van der Waals surface area contributed by atoms with Gasteiger partial charge >= 0.3 is 0 Å². The van der Waals surface area contributed by atoms with Crippen molar-refractivity contribution in [1.82, 2.24) is 9.29 Å². The monoisotopic (exact) mass is 446 g/mol. The van der Waals surface area contributed by atoms with Crippen LogP contribution in [0.4, 0.5) is 10.3 Å². The van der Waals surface area contributed by atoms with E-state index in [1.807, 2.05) is 6.07 Å². The molecule has 11 heteroatoms. The average Bonchev–Trinajstić information content (AvgIpc) is 3.37. The van der Waals surface area contributed by atoms with Crippen molar-refractivity contribution in [3.05, 3.63) is 53.2 Å². The van der Waals surface area contributed by atoms with Crippen molar-refractivity contribution in [2.45, 2.75) is 18.4 Å². The first-order chi connectivity index (χ1) is 14.9. The van der Waals surface area contributed by atoms with E-state index in [9.17, 15) is 18.1 Å². The van der Waals surface area contributed by atoms with Crippen molar-refractivity contribution in [2.24, 2.45) is 0 Å². The molecule has 0 amide bonds. The fourth-order valence-electron chi connectivity index (χ4n) is 3.16. The van der Waals surface area contributed by atoms with E-state index in [1.165, 1.54) is 22.5 Å². The molecule has 162 valence electrons. The lowest BCUT2D eigenvalue weighted by atomic mass is 10.2. The number of furan rings is 1. The average molecular weight is 446 g/mol. The third-order valence-electron chi connectivity index (χ3n) is 4.77. The molecule has 1 aliphatic heterocycles. The Bertz CT molecular complexity index is 1220. The van der Waals surface area contributed by atoms with Gasteiger partial charge < -0.3 is 18.9 Å². The Morgan fingerprint density at radius 3 is 2.61 bits per heavy atom. The lowest BCUT2D eigenvalue weighted by Gasteiger charge is -2.25. The maximum Gasteiger partial charge on any atom is 0.266 e. The molecule has 3 aromatic rings. The van der Waals surface area contributed by atoms with E-state index in [2.05, 4.69) is 10.3 Å². The number of anilines is 1. The number of oxazole rings is 1. The second kappa shape index (κ2) is 8.50. The lowest BCUT2D eigenvalue weighted by molar-refractivity contribution is 0.0730. The minimum Gasteiger partial charge on any atom is -0.455 e. The molecule has 4 rings (SSSR count). The topological polar surface area (TPSA) is 122 Å². The van der Waals surface area contributed by atoms with Crippen LogP contribution in [0.15, 0.2) is 44.1 Å². The molecule has 0 saturated carbocycles. The molecule has 0 aliphatic carbocycles. The van der Waals surface area contributed by atoms with E-state index in [1.54, 1.807) is 19.1 Å². The number of hydrogen-bond acceptors (Lipinski definition) is 8. The van der Waals surface area contributed by atoms with Crippen LogP contribution in [0, 0.1) is 24.1 Å². The van der Waals surface area contributed by atoms with Crippen LogP contribution in [0.5, 0.6) is 0 Å². The van der Waals surface area contributed by atoms with Crippen LogP contribution in [-0.4, -0.2) is 44.0 Å². The summed E-state index contributed by atoms with van der Waals surface area (Å²) in [5.74, 6) is 0.0206. The number of benzene rings is 1. The number of sulfonamides is 1. The van der Waals surface area contributed by atoms with Crippen molar-refractivity contribution in [1.29, 1.82) is 5.26 Å². The Morgan fingerprint density at radius 2 is 1.94 bits per heavy atom. The van der Waals surface area contributed by atoms with Crippen LogP contribution in [0.25, 0.3) is 11.7 Å². The number of halogens is 1. The van der Waals surface area contributed by atoms with Crippen molar-refractivity contribution < 1.29 is 26.4 Å². The van der Waals surface area contributed by atoms with Gasteiger partial charge in [0.15, 0.2) is 5.76 Å². The molecule has 9 nitrogen and oxygen atoms in total. The molecule has 0 unspecified atom stereocenters. The Labute approximate surface area is 178 Å². The first kappa shape index (κ1) is 21.0. The van der Waals surface area contributed by atoms with Gasteiger partial charge in [0.1, 0.15) is 22.5 Å². The minimum absolute atomic E-state index is 0.0104. The second-order valence-corrected chi connectivity index (χ2v) is 8.74. The van der Waals surface area contributed by atoms with Crippen LogP contribution in [0.3, 0.4) is 0 Å². The molecule has 31 heavy (non-hydrogen) atoms. The first-order valence-corrected chi connectivity index (χ1v) is 10.9. The zero-order valence-electron chi connectivity index (χ0n) is 16.6. The van der Waals surface area contributed by atoms with Gasteiger partial charge in [-0.3, -0.25) is 0 Å². The summed E-state index contributed by atoms with van der Waals surface area (Å²) < 4.78 is 56.7. The molecular formula is C20H19FN4O5S. The van der Waals surface area contributed by atoms with Crippen LogP contribution in [-0.2, 0) is 21.3 Å². The predicted octanol–water partition coefficient (Wildman–Crippen LogP) is 2.89. The van der Waals surface area contributed by atoms with E-state index < -0.39 is 10.0 Å². The van der Waals surface area contributed by atoms with E-state index in [-0.39, 0.29) is 59.3 Å². The quantitative estimate of drug-likeness (QED) is 0.613. The number of ether oxygens (including phenoxy) is 1. The molecule has 1 fully saturated rings. The minimum atomic E-state index is -3.76. The van der Waals surface area contributed by atoms with Gasteiger partial charge in [-0.25, -0.2) is 12.8 Å². The van der Waals surface area contributed by atoms with Gasteiger partial charge in [0.05, 0.1) is 13.2 Å². The lowest BCUT2D eigenvalue weighted by Crippen LogP contribution is -2.40. The Balaban J connectivity index is 1.58. The Morgan fingerprint density at radius 1 is 1.23 bits per heavy atom. The number of nitrogens with one attached hydrogen (secondary N) is 1. The van der Waals surface area contributed by atoms with Crippen LogP contribution >= 0.6 is 0 Å². The van der Waals surface area contributed by atoms with Gasteiger partial charge in [0, 0.05) is 25.7 Å². The van der Waals surface area contributed by atoms with Crippen molar-refractivity contribution in [2.75, 3.05) is 31.6 Å². The molecule has 0 radical (unpaired) electrons. The van der Waals surface area contributed by atoms with E-state index in [0.717, 1.165) is 5.56 Å². The van der Waals surface area contributed by atoms with Gasteiger partial charge in [-0.15, -0.1) is 0 Å². The van der Waals surface area contributed by atoms with Gasteiger partial charge in [-0.1, -0.05) is 12.1 Å². The predicted molar refractivity (Wildman–Crippen MR) is 107 cm³/mol. The van der Waals surface area contributed by atoms with Crippen molar-refractivity contribution in [3.63, 3.8) is 0 Å². The van der Waals surface area contributed by atoms with Crippen molar-refractivity contribution in [3.8, 4) is 17.7 Å². The highest BCUT2D eigenvalue weighted by Gasteiger charge is 2.31. The number of aromatic nitrogens is 1. The molecule has 1 aliphatic rings. The largest absolute Gasteiger partial charge is 0.455 e. The van der Waals surface area contributed by atoms with Crippen molar-refractivity contribution >= 4 is 15.9 Å². The Kier molecular flexibility index (Phi) is 5.77. The third-order valence-corrected chi connectivity index (χ3v) is 6.78. The highest BCUT2D eigenvalue weighted by Crippen LogP contribution is 2.32. The van der Waals surface area contributed by atoms with Crippen LogP contribution in [0.2, 0.25) is 0 Å². The summed E-state index contributed by atoms with van der Waals surface area (Å²) in [6.07, 6.45) is 0. The second-order valence-electron chi connectivity index (χ2n) is 6.84. The maximum absolute atomic E-state index is 13.0. The van der Waals surface area contributed by atoms with Gasteiger partial charge in [0.2, 0.25) is 21.6 Å². The number of hydrogen-bond donors (Lipinski definition) is 1. The zero-order chi connectivity index (χ0) is 22.0. The maximum atomic E-state index is 13.0. The van der Waals surface area contributed by atoms with E-state index in [0.29, 0.717) is 13.2 Å². The molecule has 0 atom stereocenters. The SMILES string of the molecule is Cc1oc(-c2nc(C#N)c(NCc3ccc(F)cc3)o2)cc1S(=O)(=O)N1CCOCC1. The normalized spacial score (nSPS) is 15.0. The summed E-state index contributed by atoms with van der Waals surface area (Å²) in [4.78, 5) is 4.12. The summed E-state index contributed by atoms with van der Waals surface area (Å²) in [7, 11) is -3.76. The molecule has 0 bridgehead atoms. The molecule has 1 N–H and O–H groups in total. The van der Waals surface area contributed by atoms with Crippen LogP contribution < -0.4 is 5.32 Å². The molecular weight excluding hydrogens is 427 g/mol. The first-order valence-electron chi connectivity index (χ1n) is 9.46. The summed E-state index contributed by atoms with van der Waals surface area (Å²) in [5.41, 5.74) is 0.764. The van der Waals surface area contributed by atoms with Gasteiger partial charge in [-0.05, 0) is 24.6 Å². The molecule has 1 saturated heterocycles. The number of nitriles is 1. The molecule has 3 heterocycles. The summed E-state index contributed by atoms with van der Waals surface area (Å²) in [5, 5.41) is 12.3. The fraction of sp³-hybridized carbons (Fsp3) is 0.300. The van der Waals surface area contributed by atoms with Crippen LogP contribution in [0.1, 0.15) is 17.0 Å². The smallest absolute Gasteiger partial charge is 0.266 e. The van der Waals surface area contributed by atoms with Gasteiger partial charge in [0.25, 0.3) is 5.89 Å². The third kappa shape index (κ3) is 4.32. The van der Waals surface area contributed by atoms with E-state index >= 15 is 0 Å².